The van der Waals surface area contributed by atoms with Crippen molar-refractivity contribution in [3.63, 3.8) is 0 Å². The molecule has 0 bridgehead atoms. The Morgan fingerprint density at radius 3 is 2.50 bits per heavy atom. The highest BCUT2D eigenvalue weighted by molar-refractivity contribution is 5.94. The first-order valence-corrected chi connectivity index (χ1v) is 9.93. The molecule has 1 aliphatic heterocycles. The molecular formula is C23H21FN4O2. The van der Waals surface area contributed by atoms with Gasteiger partial charge < -0.3 is 14.5 Å². The van der Waals surface area contributed by atoms with Crippen LogP contribution in [0.1, 0.15) is 5.56 Å². The van der Waals surface area contributed by atoms with E-state index in [1.54, 1.807) is 24.3 Å². The number of nitrogens with zero attached hydrogens (tertiary/aromatic N) is 4. The van der Waals surface area contributed by atoms with Gasteiger partial charge in [-0.1, -0.05) is 11.2 Å². The zero-order valence-corrected chi connectivity index (χ0v) is 16.3. The zero-order chi connectivity index (χ0) is 20.5. The third-order valence-corrected chi connectivity index (χ3v) is 5.56. The summed E-state index contributed by atoms with van der Waals surface area (Å²) in [6.45, 7) is 4.00. The number of phenolic OH excluding ortho intramolecular Hbond substituents is 1. The van der Waals surface area contributed by atoms with E-state index >= 15 is 0 Å². The Morgan fingerprint density at radius 2 is 1.77 bits per heavy atom. The van der Waals surface area contributed by atoms with Crippen molar-refractivity contribution >= 4 is 16.8 Å². The predicted octanol–water partition coefficient (Wildman–Crippen LogP) is 4.06. The Morgan fingerprint density at radius 1 is 0.967 bits per heavy atom. The SMILES string of the molecule is Oc1ccc2c(-c3ccc(F)cc3)noc2c1CN1CCN(c2ccccn2)CC1. The minimum atomic E-state index is -0.297. The Labute approximate surface area is 173 Å². The standard InChI is InChI=1S/C23H21FN4O2/c24-17-6-4-16(5-7-17)22-18-8-9-20(29)19(23(18)30-26-22)15-27-11-13-28(14-12-27)21-3-1-2-10-25-21/h1-10,29H,11-15H2. The van der Waals surface area contributed by atoms with Crippen molar-refractivity contribution in [3.05, 3.63) is 72.2 Å². The lowest BCUT2D eigenvalue weighted by molar-refractivity contribution is 0.245. The van der Waals surface area contributed by atoms with Crippen LogP contribution in [0.3, 0.4) is 0 Å². The molecule has 0 atom stereocenters. The smallest absolute Gasteiger partial charge is 0.175 e. The van der Waals surface area contributed by atoms with Crippen LogP contribution in [0.2, 0.25) is 0 Å². The van der Waals surface area contributed by atoms with Crippen LogP contribution in [0.15, 0.2) is 65.3 Å². The summed E-state index contributed by atoms with van der Waals surface area (Å²) in [6, 6.07) is 15.6. The third kappa shape index (κ3) is 3.48. The van der Waals surface area contributed by atoms with Crippen molar-refractivity contribution in [1.29, 1.82) is 0 Å². The molecule has 0 unspecified atom stereocenters. The maximum atomic E-state index is 13.3. The minimum Gasteiger partial charge on any atom is -0.507 e. The van der Waals surface area contributed by atoms with Gasteiger partial charge in [-0.2, -0.15) is 0 Å². The van der Waals surface area contributed by atoms with Gasteiger partial charge in [0.1, 0.15) is 23.1 Å². The summed E-state index contributed by atoms with van der Waals surface area (Å²) in [5, 5.41) is 15.5. The molecule has 0 amide bonds. The highest BCUT2D eigenvalue weighted by Gasteiger charge is 2.22. The number of piperazine rings is 1. The number of halogens is 1. The molecule has 6 nitrogen and oxygen atoms in total. The van der Waals surface area contributed by atoms with E-state index in [4.69, 9.17) is 4.52 Å². The monoisotopic (exact) mass is 404 g/mol. The maximum Gasteiger partial charge on any atom is 0.175 e. The van der Waals surface area contributed by atoms with Gasteiger partial charge in [0.2, 0.25) is 0 Å². The van der Waals surface area contributed by atoms with Crippen LogP contribution in [-0.2, 0) is 6.54 Å². The van der Waals surface area contributed by atoms with Crippen molar-refractivity contribution < 1.29 is 14.0 Å². The first-order chi connectivity index (χ1) is 14.7. The highest BCUT2D eigenvalue weighted by Crippen LogP contribution is 2.35. The quantitative estimate of drug-likeness (QED) is 0.553. The second-order valence-corrected chi connectivity index (χ2v) is 7.43. The van der Waals surface area contributed by atoms with Crippen LogP contribution >= 0.6 is 0 Å². The summed E-state index contributed by atoms with van der Waals surface area (Å²) in [7, 11) is 0. The van der Waals surface area contributed by atoms with E-state index in [9.17, 15) is 9.50 Å². The fourth-order valence-corrected chi connectivity index (χ4v) is 3.92. The summed E-state index contributed by atoms with van der Waals surface area (Å²) >= 11 is 0. The van der Waals surface area contributed by atoms with Gasteiger partial charge in [-0.05, 0) is 48.5 Å². The molecule has 0 aliphatic carbocycles. The molecule has 3 heterocycles. The second-order valence-electron chi connectivity index (χ2n) is 7.43. The van der Waals surface area contributed by atoms with Gasteiger partial charge in [-0.15, -0.1) is 0 Å². The number of aromatic hydroxyl groups is 1. The van der Waals surface area contributed by atoms with Gasteiger partial charge in [0.15, 0.2) is 5.58 Å². The van der Waals surface area contributed by atoms with E-state index in [-0.39, 0.29) is 11.6 Å². The number of anilines is 1. The summed E-state index contributed by atoms with van der Waals surface area (Å²) in [5.74, 6) is 0.882. The van der Waals surface area contributed by atoms with E-state index in [0.717, 1.165) is 48.5 Å². The molecule has 4 aromatic rings. The summed E-state index contributed by atoms with van der Waals surface area (Å²) in [5.41, 5.74) is 2.71. The number of aromatic nitrogens is 2. The van der Waals surface area contributed by atoms with Gasteiger partial charge in [-0.3, -0.25) is 4.90 Å². The molecule has 2 aromatic heterocycles. The molecule has 7 heteroatoms. The topological polar surface area (TPSA) is 65.6 Å². The molecule has 0 saturated carbocycles. The van der Waals surface area contributed by atoms with Crippen LogP contribution < -0.4 is 4.90 Å². The number of rotatable bonds is 4. The number of benzene rings is 2. The molecule has 30 heavy (non-hydrogen) atoms. The molecule has 1 fully saturated rings. The Balaban J connectivity index is 1.37. The van der Waals surface area contributed by atoms with Crippen molar-refractivity contribution in [2.75, 3.05) is 31.1 Å². The molecular weight excluding hydrogens is 383 g/mol. The average Bonchev–Trinajstić information content (AvgIpc) is 3.22. The average molecular weight is 404 g/mol. The van der Waals surface area contributed by atoms with Crippen LogP contribution in [0, 0.1) is 5.82 Å². The van der Waals surface area contributed by atoms with E-state index in [0.29, 0.717) is 17.8 Å². The van der Waals surface area contributed by atoms with E-state index in [2.05, 4.69) is 19.9 Å². The molecule has 152 valence electrons. The summed E-state index contributed by atoms with van der Waals surface area (Å²) in [4.78, 5) is 8.97. The van der Waals surface area contributed by atoms with E-state index < -0.39 is 0 Å². The molecule has 0 spiro atoms. The van der Waals surface area contributed by atoms with Crippen LogP contribution in [-0.4, -0.2) is 46.3 Å². The van der Waals surface area contributed by atoms with Gasteiger partial charge in [0, 0.05) is 44.5 Å². The Hall–Kier alpha value is -3.45. The molecule has 2 aromatic carbocycles. The fourth-order valence-electron chi connectivity index (χ4n) is 3.92. The van der Waals surface area contributed by atoms with Crippen molar-refractivity contribution in [1.82, 2.24) is 15.0 Å². The Bertz CT molecular complexity index is 1150. The molecule has 1 aliphatic rings. The number of fused-ring (bicyclic) bond motifs is 1. The van der Waals surface area contributed by atoms with Crippen molar-refractivity contribution in [3.8, 4) is 17.0 Å². The van der Waals surface area contributed by atoms with Crippen LogP contribution in [0.4, 0.5) is 10.2 Å². The molecule has 1 N–H and O–H groups in total. The number of pyridine rings is 1. The molecule has 1 saturated heterocycles. The lowest BCUT2D eigenvalue weighted by Crippen LogP contribution is -2.46. The normalized spacial score (nSPS) is 15.0. The number of hydrogen-bond acceptors (Lipinski definition) is 6. The van der Waals surface area contributed by atoms with Crippen molar-refractivity contribution in [2.24, 2.45) is 0 Å². The van der Waals surface area contributed by atoms with Gasteiger partial charge >= 0.3 is 0 Å². The Kier molecular flexibility index (Phi) is 4.80. The first kappa shape index (κ1) is 18.6. The van der Waals surface area contributed by atoms with Crippen molar-refractivity contribution in [2.45, 2.75) is 6.54 Å². The molecule has 5 rings (SSSR count). The van der Waals surface area contributed by atoms with Gasteiger partial charge in [-0.25, -0.2) is 9.37 Å². The van der Waals surface area contributed by atoms with Gasteiger partial charge in [0.05, 0.1) is 10.9 Å². The number of phenols is 1. The number of hydrogen-bond donors (Lipinski definition) is 1. The van der Waals surface area contributed by atoms with E-state index in [1.165, 1.54) is 12.1 Å². The second kappa shape index (κ2) is 7.76. The maximum absolute atomic E-state index is 13.3. The highest BCUT2D eigenvalue weighted by atomic mass is 19.1. The summed E-state index contributed by atoms with van der Waals surface area (Å²) < 4.78 is 18.9. The third-order valence-electron chi connectivity index (χ3n) is 5.56. The largest absolute Gasteiger partial charge is 0.507 e. The van der Waals surface area contributed by atoms with Gasteiger partial charge in [0.25, 0.3) is 0 Å². The fraction of sp³-hybridized carbons (Fsp3) is 0.217. The summed E-state index contributed by atoms with van der Waals surface area (Å²) in [6.07, 6.45) is 1.81. The first-order valence-electron chi connectivity index (χ1n) is 9.93. The lowest BCUT2D eigenvalue weighted by Gasteiger charge is -2.35. The molecule has 0 radical (unpaired) electrons. The van der Waals surface area contributed by atoms with Crippen LogP contribution in [0.25, 0.3) is 22.2 Å². The minimum absolute atomic E-state index is 0.191. The van der Waals surface area contributed by atoms with E-state index in [1.807, 2.05) is 24.4 Å². The zero-order valence-electron chi connectivity index (χ0n) is 16.3. The lowest BCUT2D eigenvalue weighted by atomic mass is 10.0. The van der Waals surface area contributed by atoms with Crippen LogP contribution in [0.5, 0.6) is 5.75 Å². The predicted molar refractivity (Wildman–Crippen MR) is 113 cm³/mol.